The number of nitrogens with one attached hydrogen (secondary N) is 2. The Morgan fingerprint density at radius 1 is 0.927 bits per heavy atom. The SMILES string of the molecule is CC(C)(C)OC(=O)N[C@H](C(=O)N1CCC[C@H]1C(=O)NC(CC1CCC1)C(=O)C(N)=O)C1CCC2(CC1)CC2.CCC. The number of hydrogen-bond acceptors (Lipinski definition) is 6. The zero-order valence-corrected chi connectivity index (χ0v) is 25.8. The summed E-state index contributed by atoms with van der Waals surface area (Å²) in [5.74, 6) is -2.38. The Morgan fingerprint density at radius 3 is 2.02 bits per heavy atom. The van der Waals surface area contributed by atoms with Gasteiger partial charge in [0.1, 0.15) is 17.7 Å². The number of likely N-dealkylation sites (tertiary alicyclic amines) is 1. The van der Waals surface area contributed by atoms with Crippen molar-refractivity contribution in [3.63, 3.8) is 0 Å². The van der Waals surface area contributed by atoms with Crippen LogP contribution in [0.2, 0.25) is 0 Å². The maximum Gasteiger partial charge on any atom is 0.408 e. The zero-order chi connectivity index (χ0) is 30.4. The summed E-state index contributed by atoms with van der Waals surface area (Å²) in [6, 6.07) is -2.53. The molecule has 10 nitrogen and oxygen atoms in total. The molecule has 0 aromatic carbocycles. The molecule has 1 spiro atoms. The van der Waals surface area contributed by atoms with Crippen molar-refractivity contribution in [3.8, 4) is 0 Å². The fourth-order valence-electron chi connectivity index (χ4n) is 6.29. The van der Waals surface area contributed by atoms with E-state index in [9.17, 15) is 24.0 Å². The highest BCUT2D eigenvalue weighted by Crippen LogP contribution is 2.57. The molecule has 0 aromatic rings. The van der Waals surface area contributed by atoms with E-state index in [2.05, 4.69) is 24.5 Å². The summed E-state index contributed by atoms with van der Waals surface area (Å²) in [6.07, 6.45) is 11.3. The first-order chi connectivity index (χ1) is 19.3. The van der Waals surface area contributed by atoms with Crippen molar-refractivity contribution in [3.05, 3.63) is 0 Å². The zero-order valence-electron chi connectivity index (χ0n) is 25.8. The highest BCUT2D eigenvalue weighted by Gasteiger charge is 2.48. The number of ketones is 1. The molecule has 3 atom stereocenters. The van der Waals surface area contributed by atoms with Gasteiger partial charge in [-0.2, -0.15) is 0 Å². The van der Waals surface area contributed by atoms with Gasteiger partial charge in [-0.05, 0) is 95.8 Å². The molecule has 3 saturated carbocycles. The first-order valence-electron chi connectivity index (χ1n) is 15.7. The Morgan fingerprint density at radius 2 is 1.54 bits per heavy atom. The number of alkyl carbamates (subject to hydrolysis) is 1. The molecule has 0 radical (unpaired) electrons. The molecule has 4 aliphatic rings. The summed E-state index contributed by atoms with van der Waals surface area (Å²) in [4.78, 5) is 65.7. The van der Waals surface area contributed by atoms with Crippen LogP contribution in [0, 0.1) is 17.3 Å². The molecule has 10 heteroatoms. The summed E-state index contributed by atoms with van der Waals surface area (Å²) in [7, 11) is 0. The van der Waals surface area contributed by atoms with Crippen molar-refractivity contribution in [2.45, 2.75) is 142 Å². The van der Waals surface area contributed by atoms with E-state index in [1.54, 1.807) is 20.8 Å². The summed E-state index contributed by atoms with van der Waals surface area (Å²) < 4.78 is 5.47. The molecule has 1 saturated heterocycles. The largest absolute Gasteiger partial charge is 0.444 e. The number of primary amides is 1. The van der Waals surface area contributed by atoms with Crippen LogP contribution >= 0.6 is 0 Å². The standard InChI is InChI=1S/C28H44N4O6.C3H8/c1-27(2,3)38-26(37)31-21(18-9-11-28(12-10-18)13-14-28)25(36)32-15-5-8-20(32)24(35)30-19(22(33)23(29)34)16-17-6-4-7-17;1-3-2/h17-21H,4-16H2,1-3H3,(H2,29,34)(H,30,35)(H,31,37);3H2,1-2H3/t19?,20-,21-;/m0./s1. The van der Waals surface area contributed by atoms with Gasteiger partial charge in [0.15, 0.2) is 0 Å². The number of amides is 4. The van der Waals surface area contributed by atoms with Gasteiger partial charge in [-0.25, -0.2) is 4.79 Å². The van der Waals surface area contributed by atoms with Crippen LogP contribution in [0.1, 0.15) is 118 Å². The number of nitrogens with two attached hydrogens (primary N) is 1. The minimum Gasteiger partial charge on any atom is -0.444 e. The predicted octanol–water partition coefficient (Wildman–Crippen LogP) is 3.99. The fourth-order valence-corrected chi connectivity index (χ4v) is 6.29. The van der Waals surface area contributed by atoms with Gasteiger partial charge in [-0.3, -0.25) is 19.2 Å². The van der Waals surface area contributed by atoms with E-state index in [4.69, 9.17) is 10.5 Å². The molecule has 4 amide bonds. The molecule has 4 fully saturated rings. The second-order valence-corrected chi connectivity index (χ2v) is 13.7. The van der Waals surface area contributed by atoms with Crippen molar-refractivity contribution in [1.29, 1.82) is 0 Å². The van der Waals surface area contributed by atoms with Gasteiger partial charge in [0, 0.05) is 6.54 Å². The minimum atomic E-state index is -1.07. The maximum atomic E-state index is 13.9. The molecule has 232 valence electrons. The fraction of sp³-hybridized carbons (Fsp3) is 0.839. The minimum absolute atomic E-state index is 0.0339. The van der Waals surface area contributed by atoms with Gasteiger partial charge < -0.3 is 26.0 Å². The van der Waals surface area contributed by atoms with Gasteiger partial charge in [0.05, 0.1) is 6.04 Å². The third kappa shape index (κ3) is 9.17. The molecule has 3 aliphatic carbocycles. The molecular formula is C31H52N4O6. The number of Topliss-reactive ketones (excluding diaryl/α,β-unsaturated/α-hetero) is 1. The van der Waals surface area contributed by atoms with E-state index in [0.29, 0.717) is 31.2 Å². The third-order valence-electron chi connectivity index (χ3n) is 8.97. The van der Waals surface area contributed by atoms with Gasteiger partial charge in [-0.15, -0.1) is 0 Å². The smallest absolute Gasteiger partial charge is 0.408 e. The normalized spacial score (nSPS) is 23.3. The van der Waals surface area contributed by atoms with Crippen LogP contribution in [0.3, 0.4) is 0 Å². The van der Waals surface area contributed by atoms with Gasteiger partial charge in [0.2, 0.25) is 17.6 Å². The second kappa shape index (κ2) is 14.0. The molecule has 0 aromatic heterocycles. The number of ether oxygens (including phenoxy) is 1. The molecule has 4 rings (SSSR count). The molecule has 1 unspecified atom stereocenters. The molecule has 4 N–H and O–H groups in total. The first kappa shape index (κ1) is 32.9. The van der Waals surface area contributed by atoms with Crippen LogP contribution in [0.15, 0.2) is 0 Å². The molecule has 1 aliphatic heterocycles. The Bertz CT molecular complexity index is 958. The Hall–Kier alpha value is -2.65. The maximum absolute atomic E-state index is 13.9. The van der Waals surface area contributed by atoms with Crippen molar-refractivity contribution >= 4 is 29.6 Å². The van der Waals surface area contributed by atoms with Crippen LogP contribution in [0.5, 0.6) is 0 Å². The third-order valence-corrected chi connectivity index (χ3v) is 8.97. The van der Waals surface area contributed by atoms with Crippen molar-refractivity contribution in [1.82, 2.24) is 15.5 Å². The van der Waals surface area contributed by atoms with Crippen LogP contribution in [0.4, 0.5) is 4.79 Å². The Balaban J connectivity index is 0.00000147. The van der Waals surface area contributed by atoms with E-state index in [1.165, 1.54) is 24.2 Å². The number of carbonyl (C=O) groups is 5. The van der Waals surface area contributed by atoms with Crippen LogP contribution in [0.25, 0.3) is 0 Å². The second-order valence-electron chi connectivity index (χ2n) is 13.7. The number of carbonyl (C=O) groups excluding carboxylic acids is 5. The molecule has 0 bridgehead atoms. The van der Waals surface area contributed by atoms with Crippen LogP contribution < -0.4 is 16.4 Å². The number of nitrogens with zero attached hydrogens (tertiary/aromatic N) is 1. The summed E-state index contributed by atoms with van der Waals surface area (Å²) in [6.45, 7) is 9.95. The summed E-state index contributed by atoms with van der Waals surface area (Å²) in [5, 5.41) is 5.58. The van der Waals surface area contributed by atoms with Crippen molar-refractivity contribution < 1.29 is 28.7 Å². The molecular weight excluding hydrogens is 524 g/mol. The summed E-state index contributed by atoms with van der Waals surface area (Å²) >= 11 is 0. The average molecular weight is 577 g/mol. The highest BCUT2D eigenvalue weighted by molar-refractivity contribution is 6.37. The molecule has 41 heavy (non-hydrogen) atoms. The lowest BCUT2D eigenvalue weighted by molar-refractivity contribution is -0.143. The van der Waals surface area contributed by atoms with Crippen LogP contribution in [-0.4, -0.2) is 64.8 Å². The average Bonchev–Trinajstić information content (AvgIpc) is 3.42. The quantitative estimate of drug-likeness (QED) is 0.354. The van der Waals surface area contributed by atoms with E-state index < -0.39 is 47.4 Å². The molecule has 1 heterocycles. The van der Waals surface area contributed by atoms with Crippen LogP contribution in [-0.2, 0) is 23.9 Å². The topological polar surface area (TPSA) is 148 Å². The number of hydrogen-bond donors (Lipinski definition) is 3. The van der Waals surface area contributed by atoms with Crippen molar-refractivity contribution in [2.24, 2.45) is 23.0 Å². The van der Waals surface area contributed by atoms with E-state index >= 15 is 0 Å². The van der Waals surface area contributed by atoms with E-state index in [1.807, 2.05) is 0 Å². The lowest BCUT2D eigenvalue weighted by Crippen LogP contribution is -2.58. The van der Waals surface area contributed by atoms with Gasteiger partial charge in [0.25, 0.3) is 5.91 Å². The van der Waals surface area contributed by atoms with E-state index in [0.717, 1.165) is 44.9 Å². The first-order valence-corrected chi connectivity index (χ1v) is 15.7. The lowest BCUT2D eigenvalue weighted by atomic mass is 9.76. The Kier molecular flexibility index (Phi) is 11.2. The van der Waals surface area contributed by atoms with E-state index in [-0.39, 0.29) is 17.7 Å². The van der Waals surface area contributed by atoms with Gasteiger partial charge >= 0.3 is 6.09 Å². The highest BCUT2D eigenvalue weighted by atomic mass is 16.6. The summed E-state index contributed by atoms with van der Waals surface area (Å²) in [5.41, 5.74) is 4.97. The monoisotopic (exact) mass is 576 g/mol. The van der Waals surface area contributed by atoms with Crippen molar-refractivity contribution in [2.75, 3.05) is 6.54 Å². The van der Waals surface area contributed by atoms with Gasteiger partial charge in [-0.1, -0.05) is 39.5 Å². The Labute approximate surface area is 245 Å². The number of rotatable bonds is 9. The lowest BCUT2D eigenvalue weighted by Gasteiger charge is -2.37. The predicted molar refractivity (Wildman–Crippen MR) is 156 cm³/mol.